The van der Waals surface area contributed by atoms with Gasteiger partial charge in [0.1, 0.15) is 11.5 Å². The van der Waals surface area contributed by atoms with Crippen LogP contribution in [0.1, 0.15) is 31.7 Å². The summed E-state index contributed by atoms with van der Waals surface area (Å²) in [7, 11) is 3.27. The molecule has 0 radical (unpaired) electrons. The molecule has 0 aliphatic carbocycles. The molecule has 2 rings (SSSR count). The number of hydrogen-bond acceptors (Lipinski definition) is 4. The van der Waals surface area contributed by atoms with Gasteiger partial charge in [-0.05, 0) is 37.9 Å². The van der Waals surface area contributed by atoms with Gasteiger partial charge >= 0.3 is 0 Å². The van der Waals surface area contributed by atoms with E-state index in [2.05, 4.69) is 11.8 Å². The molecule has 20 heavy (non-hydrogen) atoms. The molecule has 0 spiro atoms. The molecule has 0 unspecified atom stereocenters. The molecule has 0 aromatic heterocycles. The predicted octanol–water partition coefficient (Wildman–Crippen LogP) is 2.40. The van der Waals surface area contributed by atoms with Gasteiger partial charge in [0.2, 0.25) is 0 Å². The quantitative estimate of drug-likeness (QED) is 0.898. The maximum absolute atomic E-state index is 11.1. The zero-order valence-electron chi connectivity index (χ0n) is 12.7. The molecule has 1 heterocycles. The third kappa shape index (κ3) is 2.91. The van der Waals surface area contributed by atoms with Gasteiger partial charge in [0, 0.05) is 13.1 Å². The second-order valence-electron chi connectivity index (χ2n) is 5.41. The van der Waals surface area contributed by atoms with Gasteiger partial charge in [-0.1, -0.05) is 13.0 Å². The average Bonchev–Trinajstić information content (AvgIpc) is 2.49. The maximum Gasteiger partial charge on any atom is 0.128 e. The summed E-state index contributed by atoms with van der Waals surface area (Å²) < 4.78 is 10.9. The summed E-state index contributed by atoms with van der Waals surface area (Å²) in [5.41, 5.74) is -0.0662. The SMILES string of the molecule is CCCN1CCC(O)(c2c(OC)cccc2OC)CC1. The van der Waals surface area contributed by atoms with Gasteiger partial charge in [0.15, 0.2) is 0 Å². The highest BCUT2D eigenvalue weighted by Gasteiger charge is 2.38. The van der Waals surface area contributed by atoms with Gasteiger partial charge in [0.05, 0.1) is 25.4 Å². The molecule has 0 saturated carbocycles. The fraction of sp³-hybridized carbons (Fsp3) is 0.625. The van der Waals surface area contributed by atoms with E-state index in [0.717, 1.165) is 31.6 Å². The highest BCUT2D eigenvalue weighted by atomic mass is 16.5. The van der Waals surface area contributed by atoms with Crippen molar-refractivity contribution in [2.24, 2.45) is 0 Å². The number of ether oxygens (including phenoxy) is 2. The van der Waals surface area contributed by atoms with E-state index in [0.29, 0.717) is 24.3 Å². The molecule has 112 valence electrons. The van der Waals surface area contributed by atoms with Crippen LogP contribution in [0.25, 0.3) is 0 Å². The zero-order valence-corrected chi connectivity index (χ0v) is 12.7. The second-order valence-corrected chi connectivity index (χ2v) is 5.41. The number of piperidine rings is 1. The molecule has 1 fully saturated rings. The highest BCUT2D eigenvalue weighted by molar-refractivity contribution is 5.48. The van der Waals surface area contributed by atoms with Crippen molar-refractivity contribution in [1.82, 2.24) is 4.90 Å². The maximum atomic E-state index is 11.1. The van der Waals surface area contributed by atoms with Gasteiger partial charge < -0.3 is 19.5 Å². The predicted molar refractivity (Wildman–Crippen MR) is 79.4 cm³/mol. The Morgan fingerprint density at radius 2 is 1.70 bits per heavy atom. The summed E-state index contributed by atoms with van der Waals surface area (Å²) in [4.78, 5) is 2.40. The van der Waals surface area contributed by atoms with Crippen molar-refractivity contribution in [3.63, 3.8) is 0 Å². The molecule has 1 saturated heterocycles. The lowest BCUT2D eigenvalue weighted by Crippen LogP contribution is -2.43. The fourth-order valence-corrected chi connectivity index (χ4v) is 3.02. The third-order valence-corrected chi connectivity index (χ3v) is 4.12. The minimum atomic E-state index is -0.859. The van der Waals surface area contributed by atoms with E-state index in [1.54, 1.807) is 14.2 Å². The molecule has 1 N–H and O–H groups in total. The van der Waals surface area contributed by atoms with Crippen molar-refractivity contribution in [3.05, 3.63) is 23.8 Å². The van der Waals surface area contributed by atoms with E-state index in [-0.39, 0.29) is 0 Å². The summed E-state index contributed by atoms with van der Waals surface area (Å²) >= 11 is 0. The molecule has 1 aliphatic rings. The van der Waals surface area contributed by atoms with Crippen LogP contribution in [0.5, 0.6) is 11.5 Å². The Morgan fingerprint density at radius 3 is 2.15 bits per heavy atom. The van der Waals surface area contributed by atoms with E-state index >= 15 is 0 Å². The van der Waals surface area contributed by atoms with Gasteiger partial charge in [-0.25, -0.2) is 0 Å². The molecule has 0 amide bonds. The molecule has 4 nitrogen and oxygen atoms in total. The van der Waals surface area contributed by atoms with Crippen LogP contribution in [0.3, 0.4) is 0 Å². The van der Waals surface area contributed by atoms with Crippen molar-refractivity contribution in [2.75, 3.05) is 33.9 Å². The Labute approximate surface area is 121 Å². The number of rotatable bonds is 5. The van der Waals surface area contributed by atoms with Crippen LogP contribution in [-0.4, -0.2) is 43.9 Å². The van der Waals surface area contributed by atoms with Crippen molar-refractivity contribution < 1.29 is 14.6 Å². The van der Waals surface area contributed by atoms with E-state index < -0.39 is 5.60 Å². The lowest BCUT2D eigenvalue weighted by atomic mass is 9.83. The Balaban J connectivity index is 2.27. The van der Waals surface area contributed by atoms with Crippen molar-refractivity contribution in [3.8, 4) is 11.5 Å². The van der Waals surface area contributed by atoms with Crippen LogP contribution in [-0.2, 0) is 5.60 Å². The molecule has 0 atom stereocenters. The molecule has 0 bridgehead atoms. The van der Waals surface area contributed by atoms with Crippen LogP contribution in [0.15, 0.2) is 18.2 Å². The summed E-state index contributed by atoms with van der Waals surface area (Å²) in [6.07, 6.45) is 2.57. The molecular formula is C16H25NO3. The number of aliphatic hydroxyl groups is 1. The fourth-order valence-electron chi connectivity index (χ4n) is 3.02. The smallest absolute Gasteiger partial charge is 0.128 e. The number of benzene rings is 1. The van der Waals surface area contributed by atoms with Gasteiger partial charge in [-0.2, -0.15) is 0 Å². The normalized spacial score (nSPS) is 18.8. The van der Waals surface area contributed by atoms with Gasteiger partial charge in [0.25, 0.3) is 0 Å². The Morgan fingerprint density at radius 1 is 1.15 bits per heavy atom. The number of nitrogens with zero attached hydrogens (tertiary/aromatic N) is 1. The van der Waals surface area contributed by atoms with Gasteiger partial charge in [-0.15, -0.1) is 0 Å². The molecule has 4 heteroatoms. The summed E-state index contributed by atoms with van der Waals surface area (Å²) in [6.45, 7) is 5.10. The summed E-state index contributed by atoms with van der Waals surface area (Å²) in [5, 5.41) is 11.1. The van der Waals surface area contributed by atoms with Crippen LogP contribution in [0.2, 0.25) is 0 Å². The third-order valence-electron chi connectivity index (χ3n) is 4.12. The zero-order chi connectivity index (χ0) is 14.6. The Bertz CT molecular complexity index is 417. The standard InChI is InChI=1S/C16H25NO3/c1-4-10-17-11-8-16(18,9-12-17)15-13(19-2)6-5-7-14(15)20-3/h5-7,18H,4,8-12H2,1-3H3. The number of methoxy groups -OCH3 is 2. The first-order valence-corrected chi connectivity index (χ1v) is 7.31. The average molecular weight is 279 g/mol. The largest absolute Gasteiger partial charge is 0.496 e. The number of hydrogen-bond donors (Lipinski definition) is 1. The lowest BCUT2D eigenvalue weighted by molar-refractivity contribution is -0.0288. The van der Waals surface area contributed by atoms with Crippen LogP contribution >= 0.6 is 0 Å². The van der Waals surface area contributed by atoms with E-state index in [1.165, 1.54) is 0 Å². The topological polar surface area (TPSA) is 41.9 Å². The molecular weight excluding hydrogens is 254 g/mol. The Hall–Kier alpha value is -1.26. The molecule has 1 aromatic rings. The monoisotopic (exact) mass is 279 g/mol. The first-order valence-electron chi connectivity index (χ1n) is 7.31. The van der Waals surface area contributed by atoms with Crippen LogP contribution in [0, 0.1) is 0 Å². The number of likely N-dealkylation sites (tertiary alicyclic amines) is 1. The van der Waals surface area contributed by atoms with Crippen LogP contribution in [0.4, 0.5) is 0 Å². The van der Waals surface area contributed by atoms with Crippen molar-refractivity contribution in [1.29, 1.82) is 0 Å². The first kappa shape index (κ1) is 15.1. The molecule has 1 aromatic carbocycles. The van der Waals surface area contributed by atoms with E-state index in [1.807, 2.05) is 18.2 Å². The van der Waals surface area contributed by atoms with Crippen molar-refractivity contribution in [2.45, 2.75) is 31.8 Å². The van der Waals surface area contributed by atoms with Crippen LogP contribution < -0.4 is 9.47 Å². The van der Waals surface area contributed by atoms with Gasteiger partial charge in [-0.3, -0.25) is 0 Å². The lowest BCUT2D eigenvalue weighted by Gasteiger charge is -2.39. The molecule has 1 aliphatic heterocycles. The van der Waals surface area contributed by atoms with E-state index in [9.17, 15) is 5.11 Å². The minimum Gasteiger partial charge on any atom is -0.496 e. The van der Waals surface area contributed by atoms with E-state index in [4.69, 9.17) is 9.47 Å². The summed E-state index contributed by atoms with van der Waals surface area (Å²) in [6, 6.07) is 5.65. The minimum absolute atomic E-state index is 0.704. The highest BCUT2D eigenvalue weighted by Crippen LogP contribution is 2.43. The van der Waals surface area contributed by atoms with Crippen molar-refractivity contribution >= 4 is 0 Å². The first-order chi connectivity index (χ1) is 9.64. The Kier molecular flexibility index (Phi) is 4.89. The summed E-state index contributed by atoms with van der Waals surface area (Å²) in [5.74, 6) is 1.41. The second kappa shape index (κ2) is 6.46.